The number of methoxy groups -OCH3 is 1. The van der Waals surface area contributed by atoms with Gasteiger partial charge in [-0.05, 0) is 49.2 Å². The zero-order valence-electron chi connectivity index (χ0n) is 18.8. The molecule has 0 unspecified atom stereocenters. The van der Waals surface area contributed by atoms with E-state index in [2.05, 4.69) is 4.99 Å². The fourth-order valence-electron chi connectivity index (χ4n) is 3.11. The van der Waals surface area contributed by atoms with Crippen LogP contribution in [0.1, 0.15) is 28.4 Å². The number of carbonyl (C=O) groups excluding carboxylic acids is 2. The first-order valence-corrected chi connectivity index (χ1v) is 11.1. The van der Waals surface area contributed by atoms with Crippen molar-refractivity contribution in [1.82, 2.24) is 0 Å². The number of hydrogen-bond donors (Lipinski definition) is 1. The first kappa shape index (κ1) is 24.6. The predicted octanol–water partition coefficient (Wildman–Crippen LogP) is 4.61. The number of carbonyl (C=O) groups is 2. The fraction of sp³-hybridized carbons (Fsp3) is 0.200. The third-order valence-electron chi connectivity index (χ3n) is 4.73. The molecule has 0 atom stereocenters. The van der Waals surface area contributed by atoms with Crippen LogP contribution in [0.25, 0.3) is 6.08 Å². The van der Waals surface area contributed by atoms with Crippen molar-refractivity contribution in [3.8, 4) is 17.6 Å². The Labute approximate surface area is 201 Å². The van der Waals surface area contributed by atoms with Crippen molar-refractivity contribution in [3.63, 3.8) is 0 Å². The van der Waals surface area contributed by atoms with Gasteiger partial charge in [-0.1, -0.05) is 36.0 Å². The maximum atomic E-state index is 12.8. The van der Waals surface area contributed by atoms with Crippen LogP contribution in [-0.4, -0.2) is 42.4 Å². The van der Waals surface area contributed by atoms with Gasteiger partial charge < -0.3 is 19.3 Å². The van der Waals surface area contributed by atoms with Crippen LogP contribution in [-0.2, 0) is 9.53 Å². The molecular formula is C25H22N2O6S. The summed E-state index contributed by atoms with van der Waals surface area (Å²) in [6.45, 7) is 3.40. The maximum absolute atomic E-state index is 12.8. The number of aliphatic hydroxyl groups is 1. The summed E-state index contributed by atoms with van der Waals surface area (Å²) in [7, 11) is 1.47. The van der Waals surface area contributed by atoms with Crippen LogP contribution in [0.2, 0.25) is 0 Å². The highest BCUT2D eigenvalue weighted by atomic mass is 32.2. The molecule has 1 N–H and O–H groups in total. The lowest BCUT2D eigenvalue weighted by Gasteiger charge is -2.09. The summed E-state index contributed by atoms with van der Waals surface area (Å²) in [5, 5.41) is 19.6. The fourth-order valence-corrected chi connectivity index (χ4v) is 4.12. The molecule has 1 amide bonds. The van der Waals surface area contributed by atoms with Crippen molar-refractivity contribution in [2.24, 2.45) is 4.99 Å². The van der Waals surface area contributed by atoms with Crippen LogP contribution in [0.3, 0.4) is 0 Å². The SMILES string of the molecule is CCOC(=O)C1=C(O)/C(=C/c2ccc(OCC#N)c(OC)c2)SC1=NC(=O)c1ccccc1C. The number of aryl methyl sites for hydroxylation is 1. The molecule has 0 radical (unpaired) electrons. The molecule has 1 heterocycles. The molecule has 2 aromatic rings. The summed E-state index contributed by atoms with van der Waals surface area (Å²) in [6.07, 6.45) is 1.62. The largest absolute Gasteiger partial charge is 0.506 e. The Morgan fingerprint density at radius 1 is 1.21 bits per heavy atom. The summed E-state index contributed by atoms with van der Waals surface area (Å²) in [6, 6.07) is 13.9. The smallest absolute Gasteiger partial charge is 0.344 e. The monoisotopic (exact) mass is 478 g/mol. The predicted molar refractivity (Wildman–Crippen MR) is 129 cm³/mol. The van der Waals surface area contributed by atoms with Crippen LogP contribution in [0.5, 0.6) is 11.5 Å². The number of nitrogens with zero attached hydrogens (tertiary/aromatic N) is 2. The van der Waals surface area contributed by atoms with Crippen LogP contribution in [0.4, 0.5) is 0 Å². The Kier molecular flexibility index (Phi) is 8.11. The Bertz CT molecular complexity index is 1260. The summed E-state index contributed by atoms with van der Waals surface area (Å²) in [5.41, 5.74) is 1.60. The van der Waals surface area contributed by atoms with Gasteiger partial charge in [-0.25, -0.2) is 9.79 Å². The van der Waals surface area contributed by atoms with E-state index in [-0.39, 0.29) is 29.6 Å². The maximum Gasteiger partial charge on any atom is 0.344 e. The molecule has 2 aromatic carbocycles. The zero-order valence-corrected chi connectivity index (χ0v) is 19.6. The Morgan fingerprint density at radius 2 is 1.97 bits per heavy atom. The lowest BCUT2D eigenvalue weighted by atomic mass is 10.1. The van der Waals surface area contributed by atoms with E-state index < -0.39 is 11.9 Å². The third-order valence-corrected chi connectivity index (χ3v) is 5.75. The quantitative estimate of drug-likeness (QED) is 0.573. The summed E-state index contributed by atoms with van der Waals surface area (Å²) in [4.78, 5) is 29.8. The van der Waals surface area contributed by atoms with E-state index in [1.54, 1.807) is 56.3 Å². The number of hydrogen-bond acceptors (Lipinski definition) is 8. The topological polar surface area (TPSA) is 118 Å². The highest BCUT2D eigenvalue weighted by molar-refractivity contribution is 8.18. The molecule has 0 bridgehead atoms. The highest BCUT2D eigenvalue weighted by Gasteiger charge is 2.34. The molecule has 34 heavy (non-hydrogen) atoms. The Hall–Kier alpha value is -4.03. The van der Waals surface area contributed by atoms with Crippen LogP contribution < -0.4 is 9.47 Å². The number of esters is 1. The van der Waals surface area contributed by atoms with Crippen molar-refractivity contribution in [2.45, 2.75) is 13.8 Å². The van der Waals surface area contributed by atoms with Crippen LogP contribution in [0, 0.1) is 18.3 Å². The zero-order chi connectivity index (χ0) is 24.7. The van der Waals surface area contributed by atoms with Crippen molar-refractivity contribution < 1.29 is 28.9 Å². The second-order valence-electron chi connectivity index (χ2n) is 6.95. The lowest BCUT2D eigenvalue weighted by molar-refractivity contribution is -0.138. The van der Waals surface area contributed by atoms with Crippen molar-refractivity contribution in [1.29, 1.82) is 5.26 Å². The molecule has 0 aromatic heterocycles. The van der Waals surface area contributed by atoms with E-state index >= 15 is 0 Å². The number of thioether (sulfide) groups is 1. The van der Waals surface area contributed by atoms with Gasteiger partial charge in [0.25, 0.3) is 5.91 Å². The van der Waals surface area contributed by atoms with Crippen molar-refractivity contribution >= 4 is 34.8 Å². The first-order valence-electron chi connectivity index (χ1n) is 10.3. The standard InChI is InChI=1S/C25H22N2O6S/c1-4-32-25(30)21-22(28)20(14-16-9-10-18(33-12-11-26)19(13-16)31-3)34-24(21)27-23(29)17-8-6-5-7-15(17)2/h5-10,13-14,28H,4,12H2,1-3H3/b20-14-,27-24?. The van der Waals surface area contributed by atoms with E-state index in [1.807, 2.05) is 12.1 Å². The van der Waals surface area contributed by atoms with Crippen LogP contribution in [0.15, 0.2) is 63.7 Å². The number of benzene rings is 2. The number of aliphatic hydroxyl groups excluding tert-OH is 1. The molecule has 174 valence electrons. The molecule has 9 heteroatoms. The normalized spacial score (nSPS) is 15.4. The van der Waals surface area contributed by atoms with Gasteiger partial charge in [0.1, 0.15) is 22.4 Å². The average Bonchev–Trinajstić information content (AvgIpc) is 3.12. The first-order chi connectivity index (χ1) is 16.4. The minimum absolute atomic E-state index is 0.0522. The summed E-state index contributed by atoms with van der Waals surface area (Å²) < 4.78 is 15.7. The number of ether oxygens (including phenoxy) is 3. The average molecular weight is 479 g/mol. The lowest BCUT2D eigenvalue weighted by Crippen LogP contribution is -2.14. The van der Waals surface area contributed by atoms with Gasteiger partial charge in [-0.3, -0.25) is 4.79 Å². The van der Waals surface area contributed by atoms with E-state index in [0.29, 0.717) is 27.5 Å². The molecule has 0 spiro atoms. The minimum Gasteiger partial charge on any atom is -0.506 e. The summed E-state index contributed by atoms with van der Waals surface area (Å²) in [5.74, 6) is -0.848. The summed E-state index contributed by atoms with van der Waals surface area (Å²) >= 11 is 0.987. The van der Waals surface area contributed by atoms with E-state index in [1.165, 1.54) is 7.11 Å². The number of aliphatic imine (C=N–C) groups is 1. The molecule has 8 nitrogen and oxygen atoms in total. The molecule has 0 aliphatic carbocycles. The molecule has 1 aliphatic rings. The van der Waals surface area contributed by atoms with E-state index in [4.69, 9.17) is 19.5 Å². The number of rotatable bonds is 7. The molecule has 1 aliphatic heterocycles. The minimum atomic E-state index is -0.773. The van der Waals surface area contributed by atoms with Crippen LogP contribution >= 0.6 is 11.8 Å². The Morgan fingerprint density at radius 3 is 2.65 bits per heavy atom. The van der Waals surface area contributed by atoms with E-state index in [9.17, 15) is 14.7 Å². The third kappa shape index (κ3) is 5.47. The van der Waals surface area contributed by atoms with Gasteiger partial charge in [0, 0.05) is 5.56 Å². The van der Waals surface area contributed by atoms with Gasteiger partial charge in [0.05, 0.1) is 18.6 Å². The van der Waals surface area contributed by atoms with Gasteiger partial charge in [0.15, 0.2) is 18.1 Å². The number of nitriles is 1. The molecular weight excluding hydrogens is 456 g/mol. The molecule has 0 saturated heterocycles. The molecule has 3 rings (SSSR count). The van der Waals surface area contributed by atoms with Gasteiger partial charge in [-0.15, -0.1) is 0 Å². The van der Waals surface area contributed by atoms with E-state index in [0.717, 1.165) is 17.3 Å². The highest BCUT2D eigenvalue weighted by Crippen LogP contribution is 2.40. The Balaban J connectivity index is 2.01. The van der Waals surface area contributed by atoms with Gasteiger partial charge >= 0.3 is 5.97 Å². The molecule has 0 fully saturated rings. The second-order valence-corrected chi connectivity index (χ2v) is 7.98. The number of amides is 1. The second kappa shape index (κ2) is 11.2. The van der Waals surface area contributed by atoms with Gasteiger partial charge in [-0.2, -0.15) is 5.26 Å². The van der Waals surface area contributed by atoms with Crippen molar-refractivity contribution in [2.75, 3.05) is 20.3 Å². The van der Waals surface area contributed by atoms with Gasteiger partial charge in [0.2, 0.25) is 0 Å². The van der Waals surface area contributed by atoms with Crippen molar-refractivity contribution in [3.05, 3.63) is 75.4 Å². The molecule has 0 saturated carbocycles.